The average molecular weight is 298 g/mol. The van der Waals surface area contributed by atoms with Crippen LogP contribution in [-0.2, 0) is 0 Å². The number of nitrogens with one attached hydrogen (secondary N) is 2. The lowest BCUT2D eigenvalue weighted by molar-refractivity contribution is 0.0903. The summed E-state index contributed by atoms with van der Waals surface area (Å²) in [5.74, 6) is 0.989. The van der Waals surface area contributed by atoms with Crippen LogP contribution in [0.5, 0.6) is 5.75 Å². The molecule has 3 N–H and O–H groups in total. The van der Waals surface area contributed by atoms with Crippen LogP contribution in [0.1, 0.15) is 29.8 Å². The molecule has 5 nitrogen and oxygen atoms in total. The third-order valence-electron chi connectivity index (χ3n) is 4.60. The van der Waals surface area contributed by atoms with Gasteiger partial charge in [0.1, 0.15) is 11.5 Å². The van der Waals surface area contributed by atoms with Gasteiger partial charge < -0.3 is 20.2 Å². The first-order valence-corrected chi connectivity index (χ1v) is 7.65. The van der Waals surface area contributed by atoms with Crippen molar-refractivity contribution in [3.8, 4) is 17.1 Å². The Hall–Kier alpha value is -2.27. The Morgan fingerprint density at radius 1 is 1.18 bits per heavy atom. The van der Waals surface area contributed by atoms with Crippen LogP contribution < -0.4 is 10.6 Å². The Balaban J connectivity index is 1.46. The Kier molecular flexibility index (Phi) is 3.15. The van der Waals surface area contributed by atoms with E-state index in [0.29, 0.717) is 23.6 Å². The molecule has 0 saturated carbocycles. The van der Waals surface area contributed by atoms with Gasteiger partial charge >= 0.3 is 0 Å². The highest BCUT2D eigenvalue weighted by Gasteiger charge is 2.39. The molecule has 2 saturated heterocycles. The lowest BCUT2D eigenvalue weighted by Gasteiger charge is -2.20. The van der Waals surface area contributed by atoms with Crippen LogP contribution in [0, 0.1) is 0 Å². The molecule has 1 aromatic carbocycles. The molecule has 0 spiro atoms. The monoisotopic (exact) mass is 298 g/mol. The van der Waals surface area contributed by atoms with Gasteiger partial charge in [-0.15, -0.1) is 0 Å². The number of phenolic OH excluding ortho intramolecular Hbond substituents is 1. The standard InChI is InChI=1S/C17H18N2O3/c20-12-4-1-10(2-5-12)15-7-8-16(22-15)17(21)19-14-9-11-3-6-13(14)18-11/h1-2,4-5,7-8,11,13-14,18,20H,3,6,9H2,(H,19,21). The Labute approximate surface area is 128 Å². The van der Waals surface area contributed by atoms with Crippen LogP contribution >= 0.6 is 0 Å². The van der Waals surface area contributed by atoms with Gasteiger partial charge in [0.05, 0.1) is 0 Å². The zero-order valence-corrected chi connectivity index (χ0v) is 12.1. The summed E-state index contributed by atoms with van der Waals surface area (Å²) in [6, 6.07) is 11.3. The maximum Gasteiger partial charge on any atom is 0.287 e. The number of amides is 1. The fourth-order valence-electron chi connectivity index (χ4n) is 3.46. The van der Waals surface area contributed by atoms with Gasteiger partial charge in [0, 0.05) is 23.7 Å². The summed E-state index contributed by atoms with van der Waals surface area (Å²) in [7, 11) is 0. The minimum Gasteiger partial charge on any atom is -0.508 e. The van der Waals surface area contributed by atoms with E-state index in [1.165, 1.54) is 6.42 Å². The van der Waals surface area contributed by atoms with Crippen LogP contribution in [0.3, 0.4) is 0 Å². The number of benzene rings is 1. The zero-order valence-electron chi connectivity index (χ0n) is 12.1. The molecule has 0 radical (unpaired) electrons. The molecule has 3 heterocycles. The lowest BCUT2D eigenvalue weighted by atomic mass is 9.95. The first kappa shape index (κ1) is 13.4. The molecule has 4 rings (SSSR count). The van der Waals surface area contributed by atoms with Crippen LogP contribution in [-0.4, -0.2) is 29.1 Å². The molecule has 2 bridgehead atoms. The Bertz CT molecular complexity index is 692. The molecule has 22 heavy (non-hydrogen) atoms. The molecule has 5 heteroatoms. The molecule has 2 aromatic rings. The minimum absolute atomic E-state index is 0.163. The van der Waals surface area contributed by atoms with Crippen LogP contribution in [0.25, 0.3) is 11.3 Å². The number of carbonyl (C=O) groups is 1. The van der Waals surface area contributed by atoms with Crippen molar-refractivity contribution in [2.24, 2.45) is 0 Å². The predicted molar refractivity (Wildman–Crippen MR) is 81.6 cm³/mol. The molecular formula is C17H18N2O3. The number of rotatable bonds is 3. The summed E-state index contributed by atoms with van der Waals surface area (Å²) in [6.07, 6.45) is 3.34. The highest BCUT2D eigenvalue weighted by Crippen LogP contribution is 2.29. The van der Waals surface area contributed by atoms with Crippen molar-refractivity contribution in [3.63, 3.8) is 0 Å². The number of carbonyl (C=O) groups excluding carboxylic acids is 1. The minimum atomic E-state index is -0.163. The van der Waals surface area contributed by atoms with Gasteiger partial charge in [-0.05, 0) is 55.7 Å². The van der Waals surface area contributed by atoms with Crippen LogP contribution in [0.2, 0.25) is 0 Å². The third-order valence-corrected chi connectivity index (χ3v) is 4.60. The number of hydrogen-bond donors (Lipinski definition) is 3. The van der Waals surface area contributed by atoms with Crippen LogP contribution in [0.4, 0.5) is 0 Å². The van der Waals surface area contributed by atoms with E-state index >= 15 is 0 Å². The SMILES string of the molecule is O=C(NC1CC2CCC1N2)c1ccc(-c2ccc(O)cc2)o1. The van der Waals surface area contributed by atoms with Crippen molar-refractivity contribution < 1.29 is 14.3 Å². The van der Waals surface area contributed by atoms with Crippen molar-refractivity contribution in [1.29, 1.82) is 0 Å². The summed E-state index contributed by atoms with van der Waals surface area (Å²) >= 11 is 0. The number of hydrogen-bond acceptors (Lipinski definition) is 4. The van der Waals surface area contributed by atoms with E-state index in [0.717, 1.165) is 18.4 Å². The largest absolute Gasteiger partial charge is 0.508 e. The second-order valence-corrected chi connectivity index (χ2v) is 6.07. The smallest absolute Gasteiger partial charge is 0.287 e. The molecule has 2 aliphatic heterocycles. The number of fused-ring (bicyclic) bond motifs is 2. The van der Waals surface area contributed by atoms with E-state index in [2.05, 4.69) is 10.6 Å². The molecule has 1 amide bonds. The van der Waals surface area contributed by atoms with Crippen LogP contribution in [0.15, 0.2) is 40.8 Å². The molecule has 3 atom stereocenters. The topological polar surface area (TPSA) is 74.5 Å². The van der Waals surface area contributed by atoms with Crippen molar-refractivity contribution in [1.82, 2.24) is 10.6 Å². The predicted octanol–water partition coefficient (Wildman–Crippen LogP) is 2.27. The summed E-state index contributed by atoms with van der Waals surface area (Å²) < 4.78 is 5.65. The molecule has 1 aromatic heterocycles. The molecule has 3 unspecified atom stereocenters. The summed E-state index contributed by atoms with van der Waals surface area (Å²) in [4.78, 5) is 12.3. The van der Waals surface area contributed by atoms with E-state index in [-0.39, 0.29) is 17.7 Å². The van der Waals surface area contributed by atoms with Gasteiger partial charge in [-0.2, -0.15) is 0 Å². The lowest BCUT2D eigenvalue weighted by Crippen LogP contribution is -2.42. The number of furan rings is 1. The number of phenols is 1. The van der Waals surface area contributed by atoms with Gasteiger partial charge in [0.15, 0.2) is 5.76 Å². The Morgan fingerprint density at radius 2 is 2.00 bits per heavy atom. The highest BCUT2D eigenvalue weighted by molar-refractivity contribution is 5.92. The molecule has 2 fully saturated rings. The fraction of sp³-hybridized carbons (Fsp3) is 0.353. The highest BCUT2D eigenvalue weighted by atomic mass is 16.3. The van der Waals surface area contributed by atoms with Crippen molar-refractivity contribution in [2.45, 2.75) is 37.4 Å². The zero-order chi connectivity index (χ0) is 15.1. The normalized spacial score (nSPS) is 26.3. The second kappa shape index (κ2) is 5.18. The van der Waals surface area contributed by atoms with Gasteiger partial charge in [0.25, 0.3) is 5.91 Å². The Morgan fingerprint density at radius 3 is 2.68 bits per heavy atom. The van der Waals surface area contributed by atoms with Gasteiger partial charge in [-0.1, -0.05) is 0 Å². The van der Waals surface area contributed by atoms with E-state index in [9.17, 15) is 9.90 Å². The van der Waals surface area contributed by atoms with Crippen molar-refractivity contribution >= 4 is 5.91 Å². The maximum atomic E-state index is 12.3. The van der Waals surface area contributed by atoms with E-state index < -0.39 is 0 Å². The van der Waals surface area contributed by atoms with Gasteiger partial charge in [-0.3, -0.25) is 4.79 Å². The quantitative estimate of drug-likeness (QED) is 0.812. The van der Waals surface area contributed by atoms with Gasteiger partial charge in [0.2, 0.25) is 0 Å². The van der Waals surface area contributed by atoms with E-state index in [1.54, 1.807) is 36.4 Å². The molecule has 2 aliphatic rings. The van der Waals surface area contributed by atoms with Crippen molar-refractivity contribution in [2.75, 3.05) is 0 Å². The molecular weight excluding hydrogens is 280 g/mol. The van der Waals surface area contributed by atoms with Gasteiger partial charge in [-0.25, -0.2) is 0 Å². The molecule has 114 valence electrons. The van der Waals surface area contributed by atoms with E-state index in [1.807, 2.05) is 0 Å². The first-order valence-electron chi connectivity index (χ1n) is 7.65. The van der Waals surface area contributed by atoms with Crippen molar-refractivity contribution in [3.05, 3.63) is 42.2 Å². The second-order valence-electron chi connectivity index (χ2n) is 6.07. The third kappa shape index (κ3) is 2.37. The van der Waals surface area contributed by atoms with E-state index in [4.69, 9.17) is 4.42 Å². The summed E-state index contributed by atoms with van der Waals surface area (Å²) in [5, 5.41) is 15.9. The summed E-state index contributed by atoms with van der Waals surface area (Å²) in [6.45, 7) is 0. The fourth-order valence-corrected chi connectivity index (χ4v) is 3.46. The average Bonchev–Trinajstić information content (AvgIpc) is 3.24. The summed E-state index contributed by atoms with van der Waals surface area (Å²) in [5.41, 5.74) is 0.832. The molecule has 0 aliphatic carbocycles. The first-order chi connectivity index (χ1) is 10.7. The maximum absolute atomic E-state index is 12.3. The number of aromatic hydroxyl groups is 1.